The molecule has 1 aliphatic heterocycles. The van der Waals surface area contributed by atoms with Crippen LogP contribution in [0.5, 0.6) is 0 Å². The topological polar surface area (TPSA) is 75.7 Å². The lowest BCUT2D eigenvalue weighted by atomic mass is 10.1. The molecule has 2 aromatic rings. The van der Waals surface area contributed by atoms with Crippen LogP contribution in [0.25, 0.3) is 0 Å². The second kappa shape index (κ2) is 9.08. The van der Waals surface area contributed by atoms with Gasteiger partial charge in [0.05, 0.1) is 16.6 Å². The Bertz CT molecular complexity index is 889. The van der Waals surface area contributed by atoms with E-state index in [4.69, 9.17) is 27.9 Å². The first kappa shape index (κ1) is 20.2. The second-order valence-electron chi connectivity index (χ2n) is 6.44. The maximum absolute atomic E-state index is 12.2. The molecule has 0 bridgehead atoms. The highest BCUT2D eigenvalue weighted by atomic mass is 35.5. The summed E-state index contributed by atoms with van der Waals surface area (Å²) in [5.74, 6) is -1.81. The maximum Gasteiger partial charge on any atom is 0.311 e. The van der Waals surface area contributed by atoms with Gasteiger partial charge in [0.2, 0.25) is 5.91 Å². The summed E-state index contributed by atoms with van der Waals surface area (Å²) in [6, 6.07) is 14.2. The van der Waals surface area contributed by atoms with Gasteiger partial charge in [0.25, 0.3) is 5.91 Å². The van der Waals surface area contributed by atoms with Crippen LogP contribution in [0.15, 0.2) is 48.5 Å². The molecule has 2 aromatic carbocycles. The van der Waals surface area contributed by atoms with Gasteiger partial charge in [-0.3, -0.25) is 14.4 Å². The fourth-order valence-corrected chi connectivity index (χ4v) is 3.26. The molecule has 0 spiro atoms. The van der Waals surface area contributed by atoms with E-state index in [0.717, 1.165) is 5.56 Å². The van der Waals surface area contributed by atoms with Crippen LogP contribution in [-0.4, -0.2) is 35.8 Å². The number of amides is 2. The van der Waals surface area contributed by atoms with Gasteiger partial charge in [0.15, 0.2) is 6.61 Å². The molecule has 146 valence electrons. The van der Waals surface area contributed by atoms with Crippen LogP contribution in [0.1, 0.15) is 12.0 Å². The van der Waals surface area contributed by atoms with Crippen LogP contribution in [0.4, 0.5) is 5.69 Å². The fourth-order valence-electron chi connectivity index (χ4n) is 2.92. The predicted molar refractivity (Wildman–Crippen MR) is 106 cm³/mol. The van der Waals surface area contributed by atoms with Crippen LogP contribution >= 0.6 is 23.2 Å². The van der Waals surface area contributed by atoms with E-state index in [1.165, 1.54) is 6.07 Å². The Hall–Kier alpha value is -2.57. The number of nitrogens with one attached hydrogen (secondary N) is 1. The Morgan fingerprint density at radius 2 is 1.89 bits per heavy atom. The molecule has 1 atom stereocenters. The van der Waals surface area contributed by atoms with Crippen LogP contribution in [0, 0.1) is 5.92 Å². The third-order valence-corrected chi connectivity index (χ3v) is 4.88. The van der Waals surface area contributed by atoms with Crippen molar-refractivity contribution >= 4 is 46.7 Å². The molecule has 1 aliphatic rings. The van der Waals surface area contributed by atoms with E-state index in [9.17, 15) is 14.4 Å². The smallest absolute Gasteiger partial charge is 0.311 e. The van der Waals surface area contributed by atoms with Crippen molar-refractivity contribution < 1.29 is 19.1 Å². The summed E-state index contributed by atoms with van der Waals surface area (Å²) in [5.41, 5.74) is 1.32. The first-order valence-corrected chi connectivity index (χ1v) is 9.41. The average Bonchev–Trinajstić information content (AvgIpc) is 3.04. The van der Waals surface area contributed by atoms with Crippen LogP contribution in [0.3, 0.4) is 0 Å². The lowest BCUT2D eigenvalue weighted by Gasteiger charge is -2.16. The molecular formula is C20H18Cl2N2O4. The third kappa shape index (κ3) is 5.24. The number of hydrogen-bond donors (Lipinski definition) is 1. The molecule has 1 heterocycles. The van der Waals surface area contributed by atoms with Crippen molar-refractivity contribution in [3.05, 3.63) is 64.1 Å². The number of hydrogen-bond acceptors (Lipinski definition) is 4. The lowest BCUT2D eigenvalue weighted by Crippen LogP contribution is -2.28. The molecule has 1 N–H and O–H groups in total. The summed E-state index contributed by atoms with van der Waals surface area (Å²) in [6.07, 6.45) is 0.0768. The number of carbonyl (C=O) groups excluding carboxylic acids is 3. The summed E-state index contributed by atoms with van der Waals surface area (Å²) in [4.78, 5) is 38.0. The van der Waals surface area contributed by atoms with Crippen LogP contribution < -0.4 is 5.32 Å². The predicted octanol–water partition coefficient (Wildman–Crippen LogP) is 3.52. The standard InChI is InChI=1S/C20H18Cl2N2O4/c21-15-6-7-16(22)17(9-15)23-18(25)12-28-20(27)14-8-19(26)24(11-14)10-13-4-2-1-3-5-13/h1-7,9,14H,8,10-12H2,(H,23,25). The largest absolute Gasteiger partial charge is 0.455 e. The third-order valence-electron chi connectivity index (χ3n) is 4.31. The number of nitrogens with zero attached hydrogens (tertiary/aromatic N) is 1. The van der Waals surface area contributed by atoms with E-state index >= 15 is 0 Å². The fraction of sp³-hybridized carbons (Fsp3) is 0.250. The van der Waals surface area contributed by atoms with Crippen LogP contribution in [0.2, 0.25) is 10.0 Å². The highest BCUT2D eigenvalue weighted by Crippen LogP contribution is 2.25. The average molecular weight is 421 g/mol. The number of benzene rings is 2. The van der Waals surface area contributed by atoms with Gasteiger partial charge in [0, 0.05) is 24.5 Å². The van der Waals surface area contributed by atoms with E-state index in [1.807, 2.05) is 30.3 Å². The van der Waals surface area contributed by atoms with Crippen molar-refractivity contribution in [2.24, 2.45) is 5.92 Å². The highest BCUT2D eigenvalue weighted by molar-refractivity contribution is 6.35. The van der Waals surface area contributed by atoms with Crippen molar-refractivity contribution in [2.75, 3.05) is 18.5 Å². The Balaban J connectivity index is 1.49. The number of likely N-dealkylation sites (tertiary alicyclic amines) is 1. The minimum Gasteiger partial charge on any atom is -0.455 e. The van der Waals surface area contributed by atoms with Gasteiger partial charge in [-0.2, -0.15) is 0 Å². The first-order valence-electron chi connectivity index (χ1n) is 8.65. The van der Waals surface area contributed by atoms with Gasteiger partial charge >= 0.3 is 5.97 Å². The number of halogens is 2. The molecule has 0 aromatic heterocycles. The number of esters is 1. The van der Waals surface area contributed by atoms with Crippen molar-refractivity contribution in [2.45, 2.75) is 13.0 Å². The molecule has 28 heavy (non-hydrogen) atoms. The van der Waals surface area contributed by atoms with Crippen molar-refractivity contribution in [1.82, 2.24) is 4.90 Å². The number of carbonyl (C=O) groups is 3. The summed E-state index contributed by atoms with van der Waals surface area (Å²) in [5, 5.41) is 3.27. The molecule has 0 saturated carbocycles. The Labute approximate surface area is 172 Å². The number of ether oxygens (including phenoxy) is 1. The van der Waals surface area contributed by atoms with Gasteiger partial charge in [-0.1, -0.05) is 53.5 Å². The van der Waals surface area contributed by atoms with E-state index in [2.05, 4.69) is 5.32 Å². The minimum atomic E-state index is -0.584. The second-order valence-corrected chi connectivity index (χ2v) is 7.28. The Kier molecular flexibility index (Phi) is 6.54. The Morgan fingerprint density at radius 3 is 2.64 bits per heavy atom. The normalized spacial score (nSPS) is 16.1. The molecule has 0 aliphatic carbocycles. The van der Waals surface area contributed by atoms with Crippen molar-refractivity contribution in [1.29, 1.82) is 0 Å². The Morgan fingerprint density at radius 1 is 1.14 bits per heavy atom. The zero-order chi connectivity index (χ0) is 20.1. The number of rotatable bonds is 6. The van der Waals surface area contributed by atoms with Crippen LogP contribution in [-0.2, 0) is 25.7 Å². The van der Waals surface area contributed by atoms with Gasteiger partial charge in [-0.05, 0) is 23.8 Å². The van der Waals surface area contributed by atoms with Gasteiger partial charge in [-0.15, -0.1) is 0 Å². The molecule has 1 fully saturated rings. The van der Waals surface area contributed by atoms with Gasteiger partial charge in [0.1, 0.15) is 0 Å². The summed E-state index contributed by atoms with van der Waals surface area (Å²) >= 11 is 11.8. The quantitative estimate of drug-likeness (QED) is 0.725. The zero-order valence-corrected chi connectivity index (χ0v) is 16.4. The van der Waals surface area contributed by atoms with E-state index in [1.54, 1.807) is 17.0 Å². The number of anilines is 1. The van der Waals surface area contributed by atoms with E-state index < -0.39 is 24.4 Å². The SMILES string of the molecule is O=C(COC(=O)C1CC(=O)N(Cc2ccccc2)C1)Nc1cc(Cl)ccc1Cl. The maximum atomic E-state index is 12.2. The summed E-state index contributed by atoms with van der Waals surface area (Å²) < 4.78 is 5.07. The van der Waals surface area contributed by atoms with E-state index in [-0.39, 0.29) is 18.9 Å². The van der Waals surface area contributed by atoms with Gasteiger partial charge in [-0.25, -0.2) is 0 Å². The molecule has 3 rings (SSSR count). The lowest BCUT2D eigenvalue weighted by molar-refractivity contribution is -0.151. The summed E-state index contributed by atoms with van der Waals surface area (Å²) in [6.45, 7) is 0.247. The monoisotopic (exact) mass is 420 g/mol. The molecule has 2 amide bonds. The molecule has 1 saturated heterocycles. The van der Waals surface area contributed by atoms with Crippen molar-refractivity contribution in [3.8, 4) is 0 Å². The molecule has 8 heteroatoms. The molecule has 6 nitrogen and oxygen atoms in total. The van der Waals surface area contributed by atoms with Gasteiger partial charge < -0.3 is 15.0 Å². The highest BCUT2D eigenvalue weighted by Gasteiger charge is 2.35. The van der Waals surface area contributed by atoms with Crippen molar-refractivity contribution in [3.63, 3.8) is 0 Å². The summed E-state index contributed by atoms with van der Waals surface area (Å²) in [7, 11) is 0. The molecule has 1 unspecified atom stereocenters. The van der Waals surface area contributed by atoms with E-state index in [0.29, 0.717) is 22.3 Å². The zero-order valence-electron chi connectivity index (χ0n) is 14.9. The minimum absolute atomic E-state index is 0.0768. The molecule has 0 radical (unpaired) electrons. The molecular weight excluding hydrogens is 403 g/mol. The first-order chi connectivity index (χ1) is 13.4.